The van der Waals surface area contributed by atoms with Crippen LogP contribution < -0.4 is 10.1 Å². The van der Waals surface area contributed by atoms with Crippen molar-refractivity contribution < 1.29 is 18.7 Å². The first-order valence-corrected chi connectivity index (χ1v) is 12.6. The van der Waals surface area contributed by atoms with Crippen LogP contribution in [0.4, 0.5) is 0 Å². The van der Waals surface area contributed by atoms with Gasteiger partial charge in [-0.2, -0.15) is 5.26 Å². The molecular weight excluding hydrogens is 468 g/mol. The summed E-state index contributed by atoms with van der Waals surface area (Å²) in [6, 6.07) is 20.3. The number of rotatable bonds is 9. The minimum absolute atomic E-state index is 0.0745. The summed E-state index contributed by atoms with van der Waals surface area (Å²) in [6.45, 7) is 6.26. The first-order chi connectivity index (χ1) is 18.0. The molecule has 1 aliphatic heterocycles. The molecular formula is C29H32N4O4. The van der Waals surface area contributed by atoms with Gasteiger partial charge in [0.2, 0.25) is 5.91 Å². The van der Waals surface area contributed by atoms with Crippen molar-refractivity contribution in [3.05, 3.63) is 78.3 Å². The smallest absolute Gasteiger partial charge is 0.287 e. The lowest BCUT2D eigenvalue weighted by molar-refractivity contribution is -0.132. The maximum absolute atomic E-state index is 12.9. The van der Waals surface area contributed by atoms with Gasteiger partial charge >= 0.3 is 0 Å². The second-order valence-corrected chi connectivity index (χ2v) is 9.11. The van der Waals surface area contributed by atoms with Gasteiger partial charge in [0.25, 0.3) is 5.91 Å². The summed E-state index contributed by atoms with van der Waals surface area (Å²) in [7, 11) is 0. The van der Waals surface area contributed by atoms with Crippen LogP contribution in [-0.4, -0.2) is 67.0 Å². The van der Waals surface area contributed by atoms with Crippen molar-refractivity contribution in [1.82, 2.24) is 15.1 Å². The standard InChI is InChI=1S/C29H32N4O4/c1-22(31-28(34)27-5-2-19-37-27)29(35)33-16-3-14-32(17-18-33)15-4-20-36-26-12-10-25(11-13-26)24-8-6-23(21-30)7-9-24/h2,5-13,19,22H,3-4,14-18,20H2,1H3,(H,31,34)/t22-/m1/s1. The van der Waals surface area contributed by atoms with E-state index in [1.54, 1.807) is 19.1 Å². The molecule has 192 valence electrons. The highest BCUT2D eigenvalue weighted by atomic mass is 16.5. The van der Waals surface area contributed by atoms with Crippen LogP contribution in [0.15, 0.2) is 71.3 Å². The van der Waals surface area contributed by atoms with Crippen LogP contribution in [0.1, 0.15) is 35.9 Å². The number of hydrogen-bond acceptors (Lipinski definition) is 6. The molecule has 1 N–H and O–H groups in total. The van der Waals surface area contributed by atoms with Gasteiger partial charge in [-0.25, -0.2) is 0 Å². The van der Waals surface area contributed by atoms with Gasteiger partial charge in [-0.3, -0.25) is 9.59 Å². The molecule has 0 aliphatic carbocycles. The maximum Gasteiger partial charge on any atom is 0.287 e. The van der Waals surface area contributed by atoms with Crippen LogP contribution in [0.25, 0.3) is 11.1 Å². The third kappa shape index (κ3) is 7.21. The van der Waals surface area contributed by atoms with Crippen molar-refractivity contribution in [3.63, 3.8) is 0 Å². The molecule has 0 bridgehead atoms. The summed E-state index contributed by atoms with van der Waals surface area (Å²) < 4.78 is 11.0. The third-order valence-electron chi connectivity index (χ3n) is 6.45. The molecule has 2 aromatic carbocycles. The molecule has 0 unspecified atom stereocenters. The Labute approximate surface area is 217 Å². The molecule has 8 heteroatoms. The van der Waals surface area contributed by atoms with Gasteiger partial charge in [0.1, 0.15) is 11.8 Å². The van der Waals surface area contributed by atoms with Crippen molar-refractivity contribution in [2.24, 2.45) is 0 Å². The van der Waals surface area contributed by atoms with Crippen LogP contribution in [0, 0.1) is 11.3 Å². The molecule has 0 radical (unpaired) electrons. The molecule has 1 aliphatic rings. The normalized spacial score (nSPS) is 14.9. The fourth-order valence-electron chi connectivity index (χ4n) is 4.39. The molecule has 1 saturated heterocycles. The zero-order chi connectivity index (χ0) is 26.0. The number of amides is 2. The fraction of sp³-hybridized carbons (Fsp3) is 0.345. The topological polar surface area (TPSA) is 98.8 Å². The summed E-state index contributed by atoms with van der Waals surface area (Å²) in [5, 5.41) is 11.7. The molecule has 2 heterocycles. The molecule has 3 aromatic rings. The summed E-state index contributed by atoms with van der Waals surface area (Å²) >= 11 is 0. The number of benzene rings is 2. The highest BCUT2D eigenvalue weighted by Gasteiger charge is 2.25. The first-order valence-electron chi connectivity index (χ1n) is 12.6. The Morgan fingerprint density at radius 1 is 1.03 bits per heavy atom. The van der Waals surface area contributed by atoms with Crippen molar-refractivity contribution >= 4 is 11.8 Å². The van der Waals surface area contributed by atoms with E-state index in [2.05, 4.69) is 16.3 Å². The van der Waals surface area contributed by atoms with E-state index in [-0.39, 0.29) is 17.6 Å². The summed E-state index contributed by atoms with van der Waals surface area (Å²) in [4.78, 5) is 29.2. The number of nitrogens with one attached hydrogen (secondary N) is 1. The van der Waals surface area contributed by atoms with E-state index in [0.717, 1.165) is 49.4 Å². The van der Waals surface area contributed by atoms with Crippen LogP contribution in [-0.2, 0) is 4.79 Å². The quantitative estimate of drug-likeness (QED) is 0.447. The van der Waals surface area contributed by atoms with Crippen molar-refractivity contribution in [3.8, 4) is 22.9 Å². The number of hydrogen-bond donors (Lipinski definition) is 1. The third-order valence-corrected chi connectivity index (χ3v) is 6.45. The molecule has 1 aromatic heterocycles. The van der Waals surface area contributed by atoms with Crippen LogP contribution in [0.2, 0.25) is 0 Å². The number of nitriles is 1. The van der Waals surface area contributed by atoms with E-state index in [1.807, 2.05) is 53.4 Å². The van der Waals surface area contributed by atoms with Gasteiger partial charge in [0.05, 0.1) is 24.5 Å². The molecule has 1 atom stereocenters. The first kappa shape index (κ1) is 26.0. The van der Waals surface area contributed by atoms with Crippen LogP contribution >= 0.6 is 0 Å². The lowest BCUT2D eigenvalue weighted by Gasteiger charge is -2.25. The van der Waals surface area contributed by atoms with Gasteiger partial charge in [-0.05, 0) is 73.8 Å². The Bertz CT molecular complexity index is 1200. The van der Waals surface area contributed by atoms with E-state index in [0.29, 0.717) is 25.3 Å². The lowest BCUT2D eigenvalue weighted by Crippen LogP contribution is -2.48. The van der Waals surface area contributed by atoms with E-state index >= 15 is 0 Å². The summed E-state index contributed by atoms with van der Waals surface area (Å²) in [6.07, 6.45) is 3.22. The van der Waals surface area contributed by atoms with Crippen LogP contribution in [0.5, 0.6) is 5.75 Å². The van der Waals surface area contributed by atoms with Crippen molar-refractivity contribution in [2.75, 3.05) is 39.3 Å². The Kier molecular flexibility index (Phi) is 8.95. The Hall–Kier alpha value is -4.09. The van der Waals surface area contributed by atoms with E-state index in [9.17, 15) is 9.59 Å². The zero-order valence-corrected chi connectivity index (χ0v) is 21.1. The zero-order valence-electron chi connectivity index (χ0n) is 21.1. The molecule has 8 nitrogen and oxygen atoms in total. The Morgan fingerprint density at radius 2 is 1.76 bits per heavy atom. The highest BCUT2D eigenvalue weighted by molar-refractivity contribution is 5.95. The monoisotopic (exact) mass is 500 g/mol. The molecule has 1 fully saturated rings. The molecule has 2 amide bonds. The molecule has 0 saturated carbocycles. The average molecular weight is 501 g/mol. The van der Waals surface area contributed by atoms with E-state index in [4.69, 9.17) is 14.4 Å². The largest absolute Gasteiger partial charge is 0.494 e. The predicted molar refractivity (Wildman–Crippen MR) is 140 cm³/mol. The highest BCUT2D eigenvalue weighted by Crippen LogP contribution is 2.23. The van der Waals surface area contributed by atoms with E-state index in [1.165, 1.54) is 6.26 Å². The number of furan rings is 1. The van der Waals surface area contributed by atoms with Gasteiger partial charge in [0, 0.05) is 26.2 Å². The van der Waals surface area contributed by atoms with E-state index < -0.39 is 6.04 Å². The minimum atomic E-state index is -0.610. The van der Waals surface area contributed by atoms with Gasteiger partial charge in [0.15, 0.2) is 5.76 Å². The van der Waals surface area contributed by atoms with Gasteiger partial charge in [-0.1, -0.05) is 24.3 Å². The van der Waals surface area contributed by atoms with Gasteiger partial charge in [-0.15, -0.1) is 0 Å². The number of carbonyl (C=O) groups excluding carboxylic acids is 2. The second-order valence-electron chi connectivity index (χ2n) is 9.11. The molecule has 0 spiro atoms. The number of nitrogens with zero attached hydrogens (tertiary/aromatic N) is 3. The van der Waals surface area contributed by atoms with Gasteiger partial charge < -0.3 is 24.3 Å². The number of carbonyl (C=O) groups is 2. The Morgan fingerprint density at radius 3 is 2.43 bits per heavy atom. The molecule has 4 rings (SSSR count). The second kappa shape index (κ2) is 12.7. The summed E-state index contributed by atoms with van der Waals surface area (Å²) in [5.74, 6) is 0.572. The van der Waals surface area contributed by atoms with Crippen molar-refractivity contribution in [1.29, 1.82) is 5.26 Å². The minimum Gasteiger partial charge on any atom is -0.494 e. The Balaban J connectivity index is 1.16. The van der Waals surface area contributed by atoms with Crippen molar-refractivity contribution in [2.45, 2.75) is 25.8 Å². The predicted octanol–water partition coefficient (Wildman–Crippen LogP) is 3.94. The summed E-state index contributed by atoms with van der Waals surface area (Å²) in [5.41, 5.74) is 2.79. The lowest BCUT2D eigenvalue weighted by atomic mass is 10.0. The maximum atomic E-state index is 12.9. The average Bonchev–Trinajstić information content (AvgIpc) is 3.38. The fourth-order valence-corrected chi connectivity index (χ4v) is 4.39. The molecule has 37 heavy (non-hydrogen) atoms. The SMILES string of the molecule is C[C@@H](NC(=O)c1ccco1)C(=O)N1CCCN(CCCOc2ccc(-c3ccc(C#N)cc3)cc2)CC1. The van der Waals surface area contributed by atoms with Crippen LogP contribution in [0.3, 0.4) is 0 Å². The number of ether oxygens (including phenoxy) is 1.